The number of thioether (sulfide) groups is 1. The first-order valence-corrected chi connectivity index (χ1v) is 8.90. The molecule has 1 unspecified atom stereocenters. The number of hydrogen-bond donors (Lipinski definition) is 2. The van der Waals surface area contributed by atoms with Crippen molar-refractivity contribution in [1.29, 1.82) is 0 Å². The molecule has 0 spiro atoms. The number of benzene rings is 2. The Morgan fingerprint density at radius 2 is 2.12 bits per heavy atom. The van der Waals surface area contributed by atoms with Crippen LogP contribution >= 0.6 is 11.8 Å². The van der Waals surface area contributed by atoms with E-state index in [1.165, 1.54) is 7.11 Å². The number of nitrogens with one attached hydrogen (secondary N) is 1. The topological polar surface area (TPSA) is 78.9 Å². The van der Waals surface area contributed by atoms with Crippen LogP contribution < -0.4 is 15.2 Å². The van der Waals surface area contributed by atoms with E-state index in [2.05, 4.69) is 5.43 Å². The molecule has 130 valence electrons. The molecule has 7 heteroatoms. The van der Waals surface area contributed by atoms with Crippen LogP contribution in [0.5, 0.6) is 5.75 Å². The third kappa shape index (κ3) is 3.41. The van der Waals surface area contributed by atoms with Gasteiger partial charge in [-0.1, -0.05) is 6.07 Å². The van der Waals surface area contributed by atoms with Gasteiger partial charge in [0.25, 0.3) is 5.91 Å². The lowest BCUT2D eigenvalue weighted by Crippen LogP contribution is -2.50. The number of amides is 1. The number of carbonyl (C=O) groups excluding carboxylic acids is 1. The zero-order chi connectivity index (χ0) is 18.0. The van der Waals surface area contributed by atoms with Gasteiger partial charge in [-0.15, -0.1) is 11.8 Å². The van der Waals surface area contributed by atoms with Gasteiger partial charge in [-0.2, -0.15) is 0 Å². The predicted molar refractivity (Wildman–Crippen MR) is 96.2 cm³/mol. The van der Waals surface area contributed by atoms with E-state index >= 15 is 0 Å². The van der Waals surface area contributed by atoms with Crippen molar-refractivity contribution in [2.45, 2.75) is 17.4 Å². The summed E-state index contributed by atoms with van der Waals surface area (Å²) >= 11 is 1.58. The number of carbonyl (C=O) groups is 2. The highest BCUT2D eigenvalue weighted by molar-refractivity contribution is 7.98. The van der Waals surface area contributed by atoms with Gasteiger partial charge in [0.1, 0.15) is 5.75 Å². The Bertz CT molecular complexity index is 824. The molecule has 0 bridgehead atoms. The average Bonchev–Trinajstić information content (AvgIpc) is 2.63. The maximum Gasteiger partial charge on any atom is 0.305 e. The van der Waals surface area contributed by atoms with Crippen LogP contribution in [0.4, 0.5) is 5.69 Å². The highest BCUT2D eigenvalue weighted by Crippen LogP contribution is 2.36. The second-order valence-electron chi connectivity index (χ2n) is 5.58. The van der Waals surface area contributed by atoms with E-state index in [4.69, 9.17) is 4.74 Å². The van der Waals surface area contributed by atoms with Crippen LogP contribution in [-0.4, -0.2) is 30.3 Å². The fourth-order valence-corrected chi connectivity index (χ4v) is 3.36. The lowest BCUT2D eigenvalue weighted by atomic mass is 9.94. The van der Waals surface area contributed by atoms with Crippen molar-refractivity contribution in [3.63, 3.8) is 0 Å². The van der Waals surface area contributed by atoms with Crippen molar-refractivity contribution in [2.24, 2.45) is 0 Å². The molecule has 0 saturated carbocycles. The Morgan fingerprint density at radius 1 is 1.32 bits per heavy atom. The Balaban J connectivity index is 2.11. The fraction of sp³-hybridized carbons (Fsp3) is 0.222. The van der Waals surface area contributed by atoms with E-state index in [1.54, 1.807) is 35.0 Å². The highest BCUT2D eigenvalue weighted by atomic mass is 32.2. The smallest absolute Gasteiger partial charge is 0.305 e. The largest absolute Gasteiger partial charge is 0.497 e. The van der Waals surface area contributed by atoms with Crippen LogP contribution in [0.3, 0.4) is 0 Å². The molecule has 1 aliphatic heterocycles. The van der Waals surface area contributed by atoms with E-state index in [9.17, 15) is 14.7 Å². The number of anilines is 1. The van der Waals surface area contributed by atoms with Crippen LogP contribution in [-0.2, 0) is 4.79 Å². The number of carboxylic acid groups (broad SMARTS) is 1. The number of aliphatic carboxylic acids is 1. The van der Waals surface area contributed by atoms with Crippen molar-refractivity contribution in [2.75, 3.05) is 18.4 Å². The number of fused-ring (bicyclic) bond motifs is 1. The maximum absolute atomic E-state index is 12.5. The standard InChI is InChI=1S/C18H18N2O4S/c1-24-12-6-7-14-15(9-12)16(10-17(21)22)20(19-18(14)23)11-4-3-5-13(8-11)25-2/h3-9,16H,10H2,1-2H3,(H,19,23)(H,21,22). The fourth-order valence-electron chi connectivity index (χ4n) is 2.91. The quantitative estimate of drug-likeness (QED) is 0.800. The Labute approximate surface area is 149 Å². The number of ether oxygens (including phenoxy) is 1. The number of hydrazine groups is 1. The number of rotatable bonds is 5. The molecule has 3 rings (SSSR count). The molecule has 1 amide bonds. The molecule has 2 N–H and O–H groups in total. The number of carboxylic acids is 1. The molecule has 0 saturated heterocycles. The summed E-state index contributed by atoms with van der Waals surface area (Å²) in [5, 5.41) is 11.0. The van der Waals surface area contributed by atoms with Crippen molar-refractivity contribution in [3.8, 4) is 5.75 Å². The number of methoxy groups -OCH3 is 1. The van der Waals surface area contributed by atoms with Gasteiger partial charge >= 0.3 is 5.97 Å². The molecule has 1 aliphatic rings. The zero-order valence-electron chi connectivity index (χ0n) is 13.9. The average molecular weight is 358 g/mol. The molecule has 25 heavy (non-hydrogen) atoms. The molecule has 1 atom stereocenters. The lowest BCUT2D eigenvalue weighted by Gasteiger charge is -2.38. The minimum atomic E-state index is -0.944. The summed E-state index contributed by atoms with van der Waals surface area (Å²) in [7, 11) is 1.54. The summed E-state index contributed by atoms with van der Waals surface area (Å²) in [6, 6.07) is 12.2. The van der Waals surface area contributed by atoms with Crippen molar-refractivity contribution >= 4 is 29.3 Å². The van der Waals surface area contributed by atoms with Crippen LogP contribution in [0.15, 0.2) is 47.4 Å². The molecule has 6 nitrogen and oxygen atoms in total. The van der Waals surface area contributed by atoms with E-state index in [0.717, 1.165) is 10.6 Å². The second-order valence-corrected chi connectivity index (χ2v) is 6.46. The summed E-state index contributed by atoms with van der Waals surface area (Å²) in [5.74, 6) is -0.628. The summed E-state index contributed by atoms with van der Waals surface area (Å²) in [4.78, 5) is 25.0. The molecule has 0 fully saturated rings. The van der Waals surface area contributed by atoms with Gasteiger partial charge in [0, 0.05) is 10.5 Å². The van der Waals surface area contributed by atoms with Gasteiger partial charge in [-0.3, -0.25) is 20.0 Å². The maximum atomic E-state index is 12.5. The molecule has 0 radical (unpaired) electrons. The van der Waals surface area contributed by atoms with Gasteiger partial charge in [0.05, 0.1) is 25.3 Å². The summed E-state index contributed by atoms with van der Waals surface area (Å²) < 4.78 is 5.25. The molecule has 1 heterocycles. The first-order chi connectivity index (χ1) is 12.0. The SMILES string of the molecule is COc1ccc2c(c1)C(CC(=O)O)N(c1cccc(SC)c1)NC2=O. The molecule has 2 aromatic carbocycles. The van der Waals surface area contributed by atoms with Crippen molar-refractivity contribution < 1.29 is 19.4 Å². The molecule has 2 aromatic rings. The minimum absolute atomic E-state index is 0.149. The monoisotopic (exact) mass is 358 g/mol. The Hall–Kier alpha value is -2.67. The van der Waals surface area contributed by atoms with Crippen LogP contribution in [0.1, 0.15) is 28.4 Å². The van der Waals surface area contributed by atoms with Crippen LogP contribution in [0.25, 0.3) is 0 Å². The Morgan fingerprint density at radius 3 is 2.80 bits per heavy atom. The molecule has 0 aliphatic carbocycles. The van der Waals surface area contributed by atoms with Gasteiger partial charge in [-0.05, 0) is 48.2 Å². The van der Waals surface area contributed by atoms with Crippen molar-refractivity contribution in [3.05, 3.63) is 53.6 Å². The van der Waals surface area contributed by atoms with Crippen LogP contribution in [0, 0.1) is 0 Å². The first-order valence-electron chi connectivity index (χ1n) is 7.67. The van der Waals surface area contributed by atoms with Gasteiger partial charge < -0.3 is 9.84 Å². The minimum Gasteiger partial charge on any atom is -0.497 e. The molecule has 0 aromatic heterocycles. The van der Waals surface area contributed by atoms with E-state index in [0.29, 0.717) is 16.9 Å². The highest BCUT2D eigenvalue weighted by Gasteiger charge is 2.34. The van der Waals surface area contributed by atoms with Crippen LogP contribution in [0.2, 0.25) is 0 Å². The molecular weight excluding hydrogens is 340 g/mol. The predicted octanol–water partition coefficient (Wildman–Crippen LogP) is 3.10. The van der Waals surface area contributed by atoms with Gasteiger partial charge in [0.15, 0.2) is 0 Å². The number of hydrogen-bond acceptors (Lipinski definition) is 5. The first kappa shape index (κ1) is 17.2. The van der Waals surface area contributed by atoms with Gasteiger partial charge in [0.2, 0.25) is 0 Å². The molecular formula is C18H18N2O4S. The second kappa shape index (κ2) is 7.06. The van der Waals surface area contributed by atoms with E-state index in [-0.39, 0.29) is 12.3 Å². The van der Waals surface area contributed by atoms with E-state index < -0.39 is 12.0 Å². The lowest BCUT2D eigenvalue weighted by molar-refractivity contribution is -0.137. The third-order valence-corrected chi connectivity index (χ3v) is 4.82. The summed E-state index contributed by atoms with van der Waals surface area (Å²) in [6.07, 6.45) is 1.81. The summed E-state index contributed by atoms with van der Waals surface area (Å²) in [5.41, 5.74) is 4.65. The summed E-state index contributed by atoms with van der Waals surface area (Å²) in [6.45, 7) is 0. The Kier molecular flexibility index (Phi) is 4.85. The van der Waals surface area contributed by atoms with E-state index in [1.807, 2.05) is 30.5 Å². The normalized spacial score (nSPS) is 16.2. The van der Waals surface area contributed by atoms with Gasteiger partial charge in [-0.25, -0.2) is 0 Å². The zero-order valence-corrected chi connectivity index (χ0v) is 14.7. The van der Waals surface area contributed by atoms with Crippen molar-refractivity contribution in [1.82, 2.24) is 5.43 Å². The third-order valence-electron chi connectivity index (χ3n) is 4.10. The number of nitrogens with zero attached hydrogens (tertiary/aromatic N) is 1.